The molecule has 0 saturated carbocycles. The SMILES string of the molecule is CCCCCCCN(CCCO)C(=O)COCCN. The molecule has 0 radical (unpaired) electrons. The van der Waals surface area contributed by atoms with Gasteiger partial charge in [0.1, 0.15) is 6.61 Å². The van der Waals surface area contributed by atoms with Crippen LogP contribution in [0.15, 0.2) is 0 Å². The van der Waals surface area contributed by atoms with Gasteiger partial charge in [-0.15, -0.1) is 0 Å². The Balaban J connectivity index is 3.88. The molecule has 1 amide bonds. The fourth-order valence-corrected chi connectivity index (χ4v) is 1.86. The third-order valence-corrected chi connectivity index (χ3v) is 2.96. The lowest BCUT2D eigenvalue weighted by Crippen LogP contribution is -2.36. The van der Waals surface area contributed by atoms with E-state index in [-0.39, 0.29) is 19.1 Å². The van der Waals surface area contributed by atoms with Gasteiger partial charge in [-0.1, -0.05) is 32.6 Å². The summed E-state index contributed by atoms with van der Waals surface area (Å²) >= 11 is 0. The van der Waals surface area contributed by atoms with Gasteiger partial charge in [-0.05, 0) is 12.8 Å². The van der Waals surface area contributed by atoms with E-state index in [0.717, 1.165) is 19.4 Å². The molecule has 0 bridgehead atoms. The van der Waals surface area contributed by atoms with Gasteiger partial charge < -0.3 is 20.5 Å². The molecule has 5 heteroatoms. The molecule has 0 aromatic carbocycles. The first-order valence-corrected chi connectivity index (χ1v) is 7.42. The highest BCUT2D eigenvalue weighted by atomic mass is 16.5. The molecule has 0 heterocycles. The average Bonchev–Trinajstić information content (AvgIpc) is 2.42. The Bertz CT molecular complexity index is 213. The zero-order chi connectivity index (χ0) is 14.3. The minimum atomic E-state index is -0.00242. The minimum Gasteiger partial charge on any atom is -0.396 e. The van der Waals surface area contributed by atoms with E-state index in [9.17, 15) is 4.79 Å². The Hall–Kier alpha value is -0.650. The van der Waals surface area contributed by atoms with Crippen molar-refractivity contribution in [2.75, 3.05) is 39.5 Å². The van der Waals surface area contributed by atoms with Crippen LogP contribution < -0.4 is 5.73 Å². The smallest absolute Gasteiger partial charge is 0.248 e. The average molecular weight is 274 g/mol. The molecule has 0 aliphatic heterocycles. The van der Waals surface area contributed by atoms with E-state index >= 15 is 0 Å². The number of aliphatic hydroxyl groups excluding tert-OH is 1. The van der Waals surface area contributed by atoms with Crippen LogP contribution in [0, 0.1) is 0 Å². The maximum atomic E-state index is 11.9. The standard InChI is InChI=1S/C14H30N2O3/c1-2-3-4-5-6-9-16(10-7-11-17)14(18)13-19-12-8-15/h17H,2-13,15H2,1H3. The van der Waals surface area contributed by atoms with Crippen molar-refractivity contribution in [2.24, 2.45) is 5.73 Å². The zero-order valence-corrected chi connectivity index (χ0v) is 12.3. The number of nitrogens with zero attached hydrogens (tertiary/aromatic N) is 1. The van der Waals surface area contributed by atoms with Gasteiger partial charge in [-0.25, -0.2) is 0 Å². The van der Waals surface area contributed by atoms with Gasteiger partial charge in [0, 0.05) is 26.2 Å². The van der Waals surface area contributed by atoms with Gasteiger partial charge in [-0.2, -0.15) is 0 Å². The van der Waals surface area contributed by atoms with Crippen LogP contribution in [0.4, 0.5) is 0 Å². The number of hydrogen-bond acceptors (Lipinski definition) is 4. The highest BCUT2D eigenvalue weighted by Gasteiger charge is 2.12. The lowest BCUT2D eigenvalue weighted by molar-refractivity contribution is -0.136. The summed E-state index contributed by atoms with van der Waals surface area (Å²) in [5.74, 6) is -0.00242. The monoisotopic (exact) mass is 274 g/mol. The Labute approximate surface area is 117 Å². The summed E-state index contributed by atoms with van der Waals surface area (Å²) in [6, 6.07) is 0. The maximum absolute atomic E-state index is 11.9. The second-order valence-electron chi connectivity index (χ2n) is 4.71. The van der Waals surface area contributed by atoms with Crippen molar-refractivity contribution in [3.63, 3.8) is 0 Å². The Morgan fingerprint density at radius 3 is 2.47 bits per heavy atom. The lowest BCUT2D eigenvalue weighted by Gasteiger charge is -2.22. The molecule has 0 aliphatic rings. The topological polar surface area (TPSA) is 75.8 Å². The van der Waals surface area contributed by atoms with Crippen molar-refractivity contribution >= 4 is 5.91 Å². The maximum Gasteiger partial charge on any atom is 0.248 e. The molecule has 0 saturated heterocycles. The van der Waals surface area contributed by atoms with E-state index in [2.05, 4.69) is 6.92 Å². The predicted molar refractivity (Wildman–Crippen MR) is 76.9 cm³/mol. The van der Waals surface area contributed by atoms with E-state index < -0.39 is 0 Å². The number of carbonyl (C=O) groups is 1. The molecule has 0 fully saturated rings. The van der Waals surface area contributed by atoms with Crippen LogP contribution in [0.25, 0.3) is 0 Å². The molecule has 5 nitrogen and oxygen atoms in total. The summed E-state index contributed by atoms with van der Waals surface area (Å²) in [6.45, 7) is 4.60. The molecule has 0 rings (SSSR count). The van der Waals surface area contributed by atoms with Crippen molar-refractivity contribution < 1.29 is 14.6 Å². The third-order valence-electron chi connectivity index (χ3n) is 2.96. The Kier molecular flexibility index (Phi) is 13.3. The largest absolute Gasteiger partial charge is 0.396 e. The molecular formula is C14H30N2O3. The molecule has 0 aromatic heterocycles. The first-order chi connectivity index (χ1) is 9.26. The van der Waals surface area contributed by atoms with Crippen LogP contribution >= 0.6 is 0 Å². The van der Waals surface area contributed by atoms with Crippen molar-refractivity contribution in [3.8, 4) is 0 Å². The first kappa shape index (κ1) is 18.4. The summed E-state index contributed by atoms with van der Waals surface area (Å²) < 4.78 is 5.17. The quantitative estimate of drug-likeness (QED) is 0.494. The van der Waals surface area contributed by atoms with Gasteiger partial charge >= 0.3 is 0 Å². The number of rotatable bonds is 13. The summed E-state index contributed by atoms with van der Waals surface area (Å²) in [6.07, 6.45) is 6.50. The van der Waals surface area contributed by atoms with E-state index in [1.54, 1.807) is 4.90 Å². The summed E-state index contributed by atoms with van der Waals surface area (Å²) in [4.78, 5) is 13.7. The van der Waals surface area contributed by atoms with E-state index in [1.807, 2.05) is 0 Å². The fourth-order valence-electron chi connectivity index (χ4n) is 1.86. The van der Waals surface area contributed by atoms with Gasteiger partial charge in [0.25, 0.3) is 0 Å². The summed E-state index contributed by atoms with van der Waals surface area (Å²) in [5, 5.41) is 8.87. The zero-order valence-electron chi connectivity index (χ0n) is 12.3. The van der Waals surface area contributed by atoms with Crippen molar-refractivity contribution in [1.29, 1.82) is 0 Å². The molecule has 19 heavy (non-hydrogen) atoms. The van der Waals surface area contributed by atoms with Crippen LogP contribution in [0.2, 0.25) is 0 Å². The first-order valence-electron chi connectivity index (χ1n) is 7.42. The molecule has 0 spiro atoms. The van der Waals surface area contributed by atoms with Crippen molar-refractivity contribution in [3.05, 3.63) is 0 Å². The predicted octanol–water partition coefficient (Wildman–Crippen LogP) is 1.14. The van der Waals surface area contributed by atoms with Crippen molar-refractivity contribution in [2.45, 2.75) is 45.4 Å². The normalized spacial score (nSPS) is 10.7. The second-order valence-corrected chi connectivity index (χ2v) is 4.71. The van der Waals surface area contributed by atoms with Gasteiger partial charge in [0.15, 0.2) is 0 Å². The molecule has 0 atom stereocenters. The van der Waals surface area contributed by atoms with Gasteiger partial charge in [0.2, 0.25) is 5.91 Å². The van der Waals surface area contributed by atoms with E-state index in [1.165, 1.54) is 19.3 Å². The Morgan fingerprint density at radius 2 is 1.84 bits per heavy atom. The molecule has 0 unspecified atom stereocenters. The molecule has 0 aliphatic carbocycles. The molecular weight excluding hydrogens is 244 g/mol. The van der Waals surface area contributed by atoms with E-state index in [4.69, 9.17) is 15.6 Å². The van der Waals surface area contributed by atoms with Gasteiger partial charge in [0.05, 0.1) is 6.61 Å². The van der Waals surface area contributed by atoms with Crippen LogP contribution in [0.1, 0.15) is 45.4 Å². The summed E-state index contributed by atoms with van der Waals surface area (Å²) in [5.41, 5.74) is 5.31. The number of hydrogen-bond donors (Lipinski definition) is 2. The number of carbonyl (C=O) groups excluding carboxylic acids is 1. The minimum absolute atomic E-state index is 0.00242. The molecule has 3 N–H and O–H groups in total. The lowest BCUT2D eigenvalue weighted by atomic mass is 10.1. The Morgan fingerprint density at radius 1 is 1.16 bits per heavy atom. The highest BCUT2D eigenvalue weighted by molar-refractivity contribution is 5.77. The van der Waals surface area contributed by atoms with Crippen molar-refractivity contribution in [1.82, 2.24) is 4.90 Å². The van der Waals surface area contributed by atoms with Crippen LogP contribution in [0.5, 0.6) is 0 Å². The fraction of sp³-hybridized carbons (Fsp3) is 0.929. The number of nitrogens with two attached hydrogens (primary N) is 1. The number of aliphatic hydroxyl groups is 1. The number of amides is 1. The van der Waals surface area contributed by atoms with Crippen LogP contribution in [-0.2, 0) is 9.53 Å². The van der Waals surface area contributed by atoms with Crippen LogP contribution in [-0.4, -0.2) is 55.4 Å². The highest BCUT2D eigenvalue weighted by Crippen LogP contribution is 2.05. The van der Waals surface area contributed by atoms with E-state index in [0.29, 0.717) is 26.1 Å². The number of ether oxygens (including phenoxy) is 1. The summed E-state index contributed by atoms with van der Waals surface area (Å²) in [7, 11) is 0. The molecule has 114 valence electrons. The number of unbranched alkanes of at least 4 members (excludes halogenated alkanes) is 4. The van der Waals surface area contributed by atoms with Gasteiger partial charge in [-0.3, -0.25) is 4.79 Å². The van der Waals surface area contributed by atoms with Crippen LogP contribution in [0.3, 0.4) is 0 Å². The molecule has 0 aromatic rings. The third kappa shape index (κ3) is 10.9. The second kappa shape index (κ2) is 13.8.